The smallest absolute Gasteiger partial charge is 0.0680 e. The molecule has 1 rings (SSSR count). The van der Waals surface area contributed by atoms with Crippen molar-refractivity contribution in [2.24, 2.45) is 5.92 Å². The van der Waals surface area contributed by atoms with E-state index < -0.39 is 0 Å². The molecule has 0 saturated heterocycles. The predicted molar refractivity (Wildman–Crippen MR) is 56.7 cm³/mol. The van der Waals surface area contributed by atoms with E-state index in [4.69, 9.17) is 0 Å². The standard InChI is InChI=1S/C12H24O/c1-3-5-6-7-9-12(13)10-11(12)8-4-2/h11,13H,3-10H2,1-2H3. The first-order chi connectivity index (χ1) is 6.23. The second-order valence-electron chi connectivity index (χ2n) is 4.60. The van der Waals surface area contributed by atoms with Gasteiger partial charge in [-0.15, -0.1) is 0 Å². The molecule has 78 valence electrons. The first kappa shape index (κ1) is 11.0. The Hall–Kier alpha value is -0.0400. The molecule has 13 heavy (non-hydrogen) atoms. The van der Waals surface area contributed by atoms with Crippen LogP contribution in [0.1, 0.15) is 65.2 Å². The minimum Gasteiger partial charge on any atom is -0.390 e. The van der Waals surface area contributed by atoms with Gasteiger partial charge in [-0.05, 0) is 25.2 Å². The maximum absolute atomic E-state index is 10.0. The third kappa shape index (κ3) is 3.30. The molecule has 1 nitrogen and oxygen atoms in total. The summed E-state index contributed by atoms with van der Waals surface area (Å²) in [5, 5.41) is 10.0. The number of rotatable bonds is 7. The molecule has 0 heterocycles. The average molecular weight is 184 g/mol. The highest BCUT2D eigenvalue weighted by atomic mass is 16.3. The number of aliphatic hydroxyl groups is 1. The van der Waals surface area contributed by atoms with E-state index in [0.717, 1.165) is 12.8 Å². The van der Waals surface area contributed by atoms with Gasteiger partial charge in [0.15, 0.2) is 0 Å². The molecule has 0 spiro atoms. The molecular formula is C12H24O. The summed E-state index contributed by atoms with van der Waals surface area (Å²) in [6, 6.07) is 0. The minimum atomic E-state index is -0.232. The summed E-state index contributed by atoms with van der Waals surface area (Å²) in [4.78, 5) is 0. The molecule has 1 N–H and O–H groups in total. The van der Waals surface area contributed by atoms with Crippen LogP contribution in [0.4, 0.5) is 0 Å². The van der Waals surface area contributed by atoms with E-state index in [1.165, 1.54) is 38.5 Å². The molecule has 1 heteroatoms. The zero-order valence-electron chi connectivity index (χ0n) is 9.18. The Morgan fingerprint density at radius 3 is 2.54 bits per heavy atom. The third-order valence-corrected chi connectivity index (χ3v) is 3.30. The third-order valence-electron chi connectivity index (χ3n) is 3.30. The summed E-state index contributed by atoms with van der Waals surface area (Å²) in [5.41, 5.74) is -0.232. The number of hydrogen-bond donors (Lipinski definition) is 1. The van der Waals surface area contributed by atoms with E-state index in [1.54, 1.807) is 0 Å². The van der Waals surface area contributed by atoms with Crippen molar-refractivity contribution in [3.8, 4) is 0 Å². The lowest BCUT2D eigenvalue weighted by Crippen LogP contribution is -2.10. The van der Waals surface area contributed by atoms with Crippen molar-refractivity contribution in [3.63, 3.8) is 0 Å². The molecule has 2 unspecified atom stereocenters. The maximum atomic E-state index is 10.0. The Bertz CT molecular complexity index is 144. The quantitative estimate of drug-likeness (QED) is 0.600. The SMILES string of the molecule is CCCCCCC1(O)CC1CCC. The molecule has 1 saturated carbocycles. The molecular weight excluding hydrogens is 160 g/mol. The lowest BCUT2D eigenvalue weighted by molar-refractivity contribution is 0.115. The second-order valence-corrected chi connectivity index (χ2v) is 4.60. The molecule has 1 aliphatic carbocycles. The largest absolute Gasteiger partial charge is 0.390 e. The van der Waals surface area contributed by atoms with Crippen LogP contribution in [0.15, 0.2) is 0 Å². The van der Waals surface area contributed by atoms with Gasteiger partial charge < -0.3 is 5.11 Å². The van der Waals surface area contributed by atoms with Gasteiger partial charge in [0.05, 0.1) is 5.60 Å². The highest BCUT2D eigenvalue weighted by molar-refractivity contribution is 5.02. The first-order valence-electron chi connectivity index (χ1n) is 5.95. The van der Waals surface area contributed by atoms with Gasteiger partial charge in [-0.1, -0.05) is 46.0 Å². The highest BCUT2D eigenvalue weighted by Gasteiger charge is 2.50. The number of hydrogen-bond acceptors (Lipinski definition) is 1. The van der Waals surface area contributed by atoms with Crippen molar-refractivity contribution in [2.75, 3.05) is 0 Å². The van der Waals surface area contributed by atoms with E-state index in [2.05, 4.69) is 13.8 Å². The van der Waals surface area contributed by atoms with Gasteiger partial charge in [0.1, 0.15) is 0 Å². The van der Waals surface area contributed by atoms with Crippen molar-refractivity contribution in [1.82, 2.24) is 0 Å². The molecule has 1 fully saturated rings. The van der Waals surface area contributed by atoms with E-state index in [0.29, 0.717) is 5.92 Å². The Kier molecular flexibility index (Phi) is 4.24. The van der Waals surface area contributed by atoms with Crippen molar-refractivity contribution in [1.29, 1.82) is 0 Å². The average Bonchev–Trinajstić information content (AvgIpc) is 2.73. The van der Waals surface area contributed by atoms with Crippen LogP contribution in [0.25, 0.3) is 0 Å². The van der Waals surface area contributed by atoms with Crippen LogP contribution >= 0.6 is 0 Å². The zero-order chi connectivity index (χ0) is 9.73. The molecule has 0 aromatic heterocycles. The summed E-state index contributed by atoms with van der Waals surface area (Å²) >= 11 is 0. The second kappa shape index (κ2) is 4.99. The normalized spacial score (nSPS) is 32.1. The predicted octanol–water partition coefficient (Wildman–Crippen LogP) is 3.51. The molecule has 0 aliphatic heterocycles. The van der Waals surface area contributed by atoms with Crippen LogP contribution in [0.3, 0.4) is 0 Å². The van der Waals surface area contributed by atoms with Gasteiger partial charge in [0.25, 0.3) is 0 Å². The van der Waals surface area contributed by atoms with Crippen LogP contribution in [-0.2, 0) is 0 Å². The summed E-state index contributed by atoms with van der Waals surface area (Å²) in [6.45, 7) is 4.43. The van der Waals surface area contributed by atoms with E-state index in [1.807, 2.05) is 0 Å². The Morgan fingerprint density at radius 2 is 1.92 bits per heavy atom. The molecule has 0 aromatic rings. The van der Waals surface area contributed by atoms with Crippen LogP contribution < -0.4 is 0 Å². The Labute approximate surface area is 82.5 Å². The lowest BCUT2D eigenvalue weighted by Gasteiger charge is -2.09. The zero-order valence-corrected chi connectivity index (χ0v) is 9.18. The minimum absolute atomic E-state index is 0.232. The fraction of sp³-hybridized carbons (Fsp3) is 1.00. The molecule has 0 amide bonds. The molecule has 1 aliphatic rings. The fourth-order valence-corrected chi connectivity index (χ4v) is 2.25. The molecule has 0 aromatic carbocycles. The highest BCUT2D eigenvalue weighted by Crippen LogP contribution is 2.49. The Balaban J connectivity index is 2.02. The van der Waals surface area contributed by atoms with Gasteiger partial charge in [-0.3, -0.25) is 0 Å². The van der Waals surface area contributed by atoms with Crippen molar-refractivity contribution < 1.29 is 5.11 Å². The molecule has 0 radical (unpaired) electrons. The Morgan fingerprint density at radius 1 is 1.15 bits per heavy atom. The first-order valence-corrected chi connectivity index (χ1v) is 5.95. The maximum Gasteiger partial charge on any atom is 0.0680 e. The van der Waals surface area contributed by atoms with Gasteiger partial charge in [-0.2, -0.15) is 0 Å². The topological polar surface area (TPSA) is 20.2 Å². The summed E-state index contributed by atoms with van der Waals surface area (Å²) in [7, 11) is 0. The summed E-state index contributed by atoms with van der Waals surface area (Å²) < 4.78 is 0. The fourth-order valence-electron chi connectivity index (χ4n) is 2.25. The van der Waals surface area contributed by atoms with Crippen molar-refractivity contribution >= 4 is 0 Å². The van der Waals surface area contributed by atoms with E-state index >= 15 is 0 Å². The van der Waals surface area contributed by atoms with Crippen molar-refractivity contribution in [3.05, 3.63) is 0 Å². The molecule has 0 bridgehead atoms. The van der Waals surface area contributed by atoms with Crippen LogP contribution in [0.2, 0.25) is 0 Å². The number of unbranched alkanes of at least 4 members (excludes halogenated alkanes) is 3. The van der Waals surface area contributed by atoms with Gasteiger partial charge in [0.2, 0.25) is 0 Å². The van der Waals surface area contributed by atoms with Crippen LogP contribution in [0.5, 0.6) is 0 Å². The molecule has 2 atom stereocenters. The monoisotopic (exact) mass is 184 g/mol. The van der Waals surface area contributed by atoms with Crippen LogP contribution in [-0.4, -0.2) is 10.7 Å². The van der Waals surface area contributed by atoms with Gasteiger partial charge in [0, 0.05) is 0 Å². The van der Waals surface area contributed by atoms with E-state index in [-0.39, 0.29) is 5.60 Å². The van der Waals surface area contributed by atoms with Gasteiger partial charge >= 0.3 is 0 Å². The van der Waals surface area contributed by atoms with Gasteiger partial charge in [-0.25, -0.2) is 0 Å². The van der Waals surface area contributed by atoms with Crippen LogP contribution in [0, 0.1) is 5.92 Å². The summed E-state index contributed by atoms with van der Waals surface area (Å²) in [5.74, 6) is 0.638. The lowest BCUT2D eigenvalue weighted by atomic mass is 10.0. The van der Waals surface area contributed by atoms with E-state index in [9.17, 15) is 5.11 Å². The summed E-state index contributed by atoms with van der Waals surface area (Å²) in [6.07, 6.45) is 9.73. The van der Waals surface area contributed by atoms with Crippen molar-refractivity contribution in [2.45, 2.75) is 70.8 Å².